The predicted octanol–water partition coefficient (Wildman–Crippen LogP) is 3.55. The molecule has 3 N–H and O–H groups in total. The van der Waals surface area contributed by atoms with E-state index >= 15 is 0 Å². The van der Waals surface area contributed by atoms with E-state index in [1.807, 2.05) is 13.8 Å². The number of nitrogens with two attached hydrogens (primary N) is 1. The van der Waals surface area contributed by atoms with Crippen molar-refractivity contribution in [3.8, 4) is 0 Å². The van der Waals surface area contributed by atoms with Crippen LogP contribution in [0.15, 0.2) is 21.5 Å². The van der Waals surface area contributed by atoms with Gasteiger partial charge in [0.25, 0.3) is 0 Å². The molecule has 0 saturated heterocycles. The zero-order valence-electron chi connectivity index (χ0n) is 11.2. The molecule has 0 radical (unpaired) electrons. The van der Waals surface area contributed by atoms with E-state index in [0.717, 1.165) is 0 Å². The summed E-state index contributed by atoms with van der Waals surface area (Å²) in [5, 5.41) is 0.125. The van der Waals surface area contributed by atoms with Crippen molar-refractivity contribution in [1.29, 1.82) is 0 Å². The SMILES string of the molecule is CCC(N)(CC)CNS(=O)(=O)c1c(Cl)cc(Br)cc1Cl. The third-order valence-electron chi connectivity index (χ3n) is 3.25. The molecule has 0 saturated carbocycles. The van der Waals surface area contributed by atoms with Crippen molar-refractivity contribution in [1.82, 2.24) is 4.72 Å². The van der Waals surface area contributed by atoms with Crippen LogP contribution in [-0.4, -0.2) is 20.5 Å². The molecule has 0 aliphatic carbocycles. The Labute approximate surface area is 138 Å². The average molecular weight is 404 g/mol. The Hall–Kier alpha value is 0.150. The molecule has 4 nitrogen and oxygen atoms in total. The third-order valence-corrected chi connectivity index (χ3v) is 6.03. The molecular formula is C12H17BrCl2N2O2S. The maximum atomic E-state index is 12.3. The summed E-state index contributed by atoms with van der Waals surface area (Å²) >= 11 is 15.1. The first-order valence-corrected chi connectivity index (χ1v) is 9.11. The largest absolute Gasteiger partial charge is 0.324 e. The molecular weight excluding hydrogens is 387 g/mol. The van der Waals surface area contributed by atoms with Crippen molar-refractivity contribution >= 4 is 49.2 Å². The van der Waals surface area contributed by atoms with Crippen LogP contribution in [0.3, 0.4) is 0 Å². The number of rotatable bonds is 6. The average Bonchev–Trinajstić information content (AvgIpc) is 2.34. The molecule has 1 aromatic carbocycles. The van der Waals surface area contributed by atoms with Crippen LogP contribution in [-0.2, 0) is 10.0 Å². The molecule has 0 aliphatic heterocycles. The van der Waals surface area contributed by atoms with Crippen LogP contribution in [0.4, 0.5) is 0 Å². The highest BCUT2D eigenvalue weighted by Crippen LogP contribution is 2.32. The van der Waals surface area contributed by atoms with Crippen molar-refractivity contribution in [2.24, 2.45) is 5.73 Å². The fourth-order valence-electron chi connectivity index (χ4n) is 1.60. The number of sulfonamides is 1. The summed E-state index contributed by atoms with van der Waals surface area (Å²) in [6.45, 7) is 3.96. The number of hydrogen-bond acceptors (Lipinski definition) is 3. The fourth-order valence-corrected chi connectivity index (χ4v) is 4.67. The van der Waals surface area contributed by atoms with Gasteiger partial charge in [0.15, 0.2) is 0 Å². The maximum absolute atomic E-state index is 12.3. The Bertz CT molecular complexity index is 566. The quantitative estimate of drug-likeness (QED) is 0.762. The number of benzene rings is 1. The van der Waals surface area contributed by atoms with E-state index in [2.05, 4.69) is 20.7 Å². The Kier molecular flexibility index (Phi) is 6.32. The van der Waals surface area contributed by atoms with Gasteiger partial charge in [-0.15, -0.1) is 0 Å². The minimum Gasteiger partial charge on any atom is -0.324 e. The van der Waals surface area contributed by atoms with Gasteiger partial charge in [-0.05, 0) is 25.0 Å². The first-order valence-electron chi connectivity index (χ1n) is 6.08. The summed E-state index contributed by atoms with van der Waals surface area (Å²) in [7, 11) is -3.81. The van der Waals surface area contributed by atoms with Crippen molar-refractivity contribution in [3.05, 3.63) is 26.7 Å². The Balaban J connectivity index is 3.07. The lowest BCUT2D eigenvalue weighted by Gasteiger charge is -2.26. The second-order valence-corrected chi connectivity index (χ2v) is 8.03. The maximum Gasteiger partial charge on any atom is 0.243 e. The lowest BCUT2D eigenvalue weighted by atomic mass is 9.95. The van der Waals surface area contributed by atoms with Gasteiger partial charge >= 0.3 is 0 Å². The predicted molar refractivity (Wildman–Crippen MR) is 86.9 cm³/mol. The molecule has 0 spiro atoms. The molecule has 0 heterocycles. The molecule has 0 bridgehead atoms. The van der Waals surface area contributed by atoms with Gasteiger partial charge in [0, 0.05) is 16.6 Å². The molecule has 8 heteroatoms. The monoisotopic (exact) mass is 402 g/mol. The number of nitrogens with one attached hydrogen (secondary N) is 1. The fraction of sp³-hybridized carbons (Fsp3) is 0.500. The van der Waals surface area contributed by atoms with Gasteiger partial charge in [0.05, 0.1) is 10.0 Å². The molecule has 20 heavy (non-hydrogen) atoms. The van der Waals surface area contributed by atoms with Gasteiger partial charge in [-0.2, -0.15) is 0 Å². The lowest BCUT2D eigenvalue weighted by Crippen LogP contribution is -2.49. The van der Waals surface area contributed by atoms with Crippen molar-refractivity contribution in [3.63, 3.8) is 0 Å². The van der Waals surface area contributed by atoms with Crippen molar-refractivity contribution in [2.75, 3.05) is 6.54 Å². The van der Waals surface area contributed by atoms with E-state index < -0.39 is 15.6 Å². The van der Waals surface area contributed by atoms with Crippen molar-refractivity contribution in [2.45, 2.75) is 37.1 Å². The van der Waals surface area contributed by atoms with E-state index in [1.54, 1.807) is 0 Å². The van der Waals surface area contributed by atoms with E-state index in [0.29, 0.717) is 17.3 Å². The van der Waals surface area contributed by atoms with Crippen LogP contribution in [0.1, 0.15) is 26.7 Å². The van der Waals surface area contributed by atoms with Crippen LogP contribution in [0.5, 0.6) is 0 Å². The topological polar surface area (TPSA) is 72.2 Å². The molecule has 0 aromatic heterocycles. The van der Waals surface area contributed by atoms with Crippen LogP contribution in [0.2, 0.25) is 10.0 Å². The Morgan fingerprint density at radius 2 is 1.70 bits per heavy atom. The molecule has 1 aromatic rings. The summed E-state index contributed by atoms with van der Waals surface area (Å²) < 4.78 is 27.7. The molecule has 0 fully saturated rings. The first-order chi connectivity index (χ1) is 9.15. The highest BCUT2D eigenvalue weighted by Gasteiger charge is 2.27. The van der Waals surface area contributed by atoms with Gasteiger partial charge < -0.3 is 5.73 Å². The molecule has 1 rings (SSSR count). The normalized spacial score (nSPS) is 12.7. The van der Waals surface area contributed by atoms with E-state index in [9.17, 15) is 8.42 Å². The molecule has 0 aliphatic rings. The second kappa shape index (κ2) is 6.94. The molecule has 0 unspecified atom stereocenters. The summed E-state index contributed by atoms with van der Waals surface area (Å²) in [5.41, 5.74) is 5.50. The van der Waals surface area contributed by atoms with Gasteiger partial charge in [-0.1, -0.05) is 53.0 Å². The van der Waals surface area contributed by atoms with Crippen molar-refractivity contribution < 1.29 is 8.42 Å². The van der Waals surface area contributed by atoms with Crippen LogP contribution >= 0.6 is 39.1 Å². The Morgan fingerprint density at radius 3 is 2.10 bits per heavy atom. The summed E-state index contributed by atoms with van der Waals surface area (Å²) in [6.07, 6.45) is 1.32. The second-order valence-electron chi connectivity index (χ2n) is 4.59. The van der Waals surface area contributed by atoms with E-state index in [1.165, 1.54) is 12.1 Å². The zero-order valence-corrected chi connectivity index (χ0v) is 15.1. The lowest BCUT2D eigenvalue weighted by molar-refractivity contribution is 0.392. The van der Waals surface area contributed by atoms with E-state index in [4.69, 9.17) is 28.9 Å². The summed E-state index contributed by atoms with van der Waals surface area (Å²) in [5.74, 6) is 0. The van der Waals surface area contributed by atoms with Gasteiger partial charge in [0.1, 0.15) is 4.90 Å². The standard InChI is InChI=1S/C12H17BrCl2N2O2S/c1-3-12(16,4-2)7-17-20(18,19)11-9(14)5-8(13)6-10(11)15/h5-6,17H,3-4,7,16H2,1-2H3. The third kappa shape index (κ3) is 4.32. The first kappa shape index (κ1) is 18.2. The van der Waals surface area contributed by atoms with Crippen LogP contribution < -0.4 is 10.5 Å². The van der Waals surface area contributed by atoms with Gasteiger partial charge in [-0.25, -0.2) is 13.1 Å². The van der Waals surface area contributed by atoms with E-state index in [-0.39, 0.29) is 21.5 Å². The van der Waals surface area contributed by atoms with Crippen LogP contribution in [0, 0.1) is 0 Å². The molecule has 0 amide bonds. The minimum absolute atomic E-state index is 0.0625. The Morgan fingerprint density at radius 1 is 1.25 bits per heavy atom. The summed E-state index contributed by atoms with van der Waals surface area (Å²) in [6, 6.07) is 2.97. The van der Waals surface area contributed by atoms with Gasteiger partial charge in [0.2, 0.25) is 10.0 Å². The summed E-state index contributed by atoms with van der Waals surface area (Å²) in [4.78, 5) is -0.126. The van der Waals surface area contributed by atoms with Crippen LogP contribution in [0.25, 0.3) is 0 Å². The van der Waals surface area contributed by atoms with Gasteiger partial charge in [-0.3, -0.25) is 0 Å². The number of halogens is 3. The minimum atomic E-state index is -3.81. The highest BCUT2D eigenvalue weighted by atomic mass is 79.9. The highest BCUT2D eigenvalue weighted by molar-refractivity contribution is 9.10. The molecule has 0 atom stereocenters. The zero-order chi connectivity index (χ0) is 15.6. The molecule has 114 valence electrons. The number of hydrogen-bond donors (Lipinski definition) is 2. The smallest absolute Gasteiger partial charge is 0.243 e.